The van der Waals surface area contributed by atoms with E-state index in [9.17, 15) is 0 Å². The van der Waals surface area contributed by atoms with E-state index in [2.05, 4.69) is 49.4 Å². The van der Waals surface area contributed by atoms with Gasteiger partial charge in [-0.3, -0.25) is 0 Å². The summed E-state index contributed by atoms with van der Waals surface area (Å²) >= 11 is 1.93. The molecule has 0 saturated heterocycles. The van der Waals surface area contributed by atoms with Gasteiger partial charge in [-0.15, -0.1) is 11.8 Å². The summed E-state index contributed by atoms with van der Waals surface area (Å²) in [6.45, 7) is 4.24. The topological polar surface area (TPSA) is 47.9 Å². The second-order valence-corrected chi connectivity index (χ2v) is 9.45. The van der Waals surface area contributed by atoms with E-state index in [0.717, 1.165) is 62.6 Å². The van der Waals surface area contributed by atoms with E-state index in [1.165, 1.54) is 16.0 Å². The third kappa shape index (κ3) is 5.97. The molecule has 3 rings (SSSR count). The van der Waals surface area contributed by atoms with Crippen LogP contribution in [0, 0.1) is 0 Å². The number of ether oxygens (including phenoxy) is 3. The van der Waals surface area contributed by atoms with Crippen LogP contribution in [0.15, 0.2) is 47.4 Å². The Labute approximate surface area is 191 Å². The molecule has 1 aliphatic rings. The first-order chi connectivity index (χ1) is 15.1. The lowest BCUT2D eigenvalue weighted by Crippen LogP contribution is -2.36. The number of rotatable bonds is 12. The van der Waals surface area contributed by atoms with Crippen molar-refractivity contribution in [1.82, 2.24) is 0 Å². The molecule has 1 aliphatic heterocycles. The fourth-order valence-electron chi connectivity index (χ4n) is 4.44. The average Bonchev–Trinajstić information content (AvgIpc) is 2.81. The van der Waals surface area contributed by atoms with Crippen LogP contribution >= 0.6 is 11.8 Å². The van der Waals surface area contributed by atoms with E-state index in [4.69, 9.17) is 19.3 Å². The van der Waals surface area contributed by atoms with E-state index in [1.807, 2.05) is 11.8 Å². The summed E-state index contributed by atoms with van der Waals surface area (Å²) < 4.78 is 16.7. The summed E-state index contributed by atoms with van der Waals surface area (Å²) in [4.78, 5) is 1.33. The molecule has 4 nitrogen and oxygen atoms in total. The van der Waals surface area contributed by atoms with E-state index in [0.29, 0.717) is 5.92 Å². The third-order valence-electron chi connectivity index (χ3n) is 6.37. The molecule has 0 unspecified atom stereocenters. The van der Waals surface area contributed by atoms with Gasteiger partial charge in [0.25, 0.3) is 0 Å². The minimum absolute atomic E-state index is 0.0413. The summed E-state index contributed by atoms with van der Waals surface area (Å²) in [6.07, 6.45) is 5.03. The van der Waals surface area contributed by atoms with Crippen LogP contribution in [0.3, 0.4) is 0 Å². The van der Waals surface area contributed by atoms with Gasteiger partial charge < -0.3 is 19.3 Å². The van der Waals surface area contributed by atoms with Crippen molar-refractivity contribution in [2.45, 2.75) is 55.3 Å². The standard InChI is InChI=1S/C26H36O4S/c1-26(20-9-11-21(28-2)12-10-20)19-31-25-18-22(29-3)13-14-23(25)24(26)8-7-17-30-16-6-4-5-15-27/h9-14,18,24,27H,4-8,15-17,19H2,1-3H3/t24-,26-/m1/s1. The first-order valence-corrected chi connectivity index (χ1v) is 12.2. The second kappa shape index (κ2) is 11.8. The average molecular weight is 445 g/mol. The van der Waals surface area contributed by atoms with Crippen LogP contribution in [0.25, 0.3) is 0 Å². The molecule has 170 valence electrons. The van der Waals surface area contributed by atoms with Gasteiger partial charge in [0.1, 0.15) is 11.5 Å². The van der Waals surface area contributed by atoms with E-state index >= 15 is 0 Å². The molecular formula is C26H36O4S. The molecule has 1 N–H and O–H groups in total. The molecule has 0 saturated carbocycles. The number of benzene rings is 2. The van der Waals surface area contributed by atoms with Gasteiger partial charge in [0.2, 0.25) is 0 Å². The maximum atomic E-state index is 8.88. The minimum Gasteiger partial charge on any atom is -0.497 e. The predicted molar refractivity (Wildman–Crippen MR) is 128 cm³/mol. The van der Waals surface area contributed by atoms with Crippen molar-refractivity contribution in [1.29, 1.82) is 0 Å². The molecule has 2 aromatic rings. The van der Waals surface area contributed by atoms with Crippen LogP contribution in [0.1, 0.15) is 56.1 Å². The van der Waals surface area contributed by atoms with E-state index in [-0.39, 0.29) is 12.0 Å². The smallest absolute Gasteiger partial charge is 0.119 e. The molecule has 0 aliphatic carbocycles. The number of methoxy groups -OCH3 is 2. The van der Waals surface area contributed by atoms with E-state index in [1.54, 1.807) is 14.2 Å². The lowest BCUT2D eigenvalue weighted by Gasteiger charge is -2.43. The molecule has 0 spiro atoms. The van der Waals surface area contributed by atoms with Crippen molar-refractivity contribution in [3.8, 4) is 11.5 Å². The number of thioether (sulfide) groups is 1. The molecule has 0 fully saturated rings. The lowest BCUT2D eigenvalue weighted by molar-refractivity contribution is 0.121. The highest BCUT2D eigenvalue weighted by Gasteiger charge is 2.41. The van der Waals surface area contributed by atoms with Gasteiger partial charge >= 0.3 is 0 Å². The van der Waals surface area contributed by atoms with Crippen LogP contribution in [0.2, 0.25) is 0 Å². The first kappa shape index (κ1) is 24.0. The summed E-state index contributed by atoms with van der Waals surface area (Å²) in [5.41, 5.74) is 2.81. The highest BCUT2D eigenvalue weighted by atomic mass is 32.2. The molecule has 2 atom stereocenters. The molecule has 2 aromatic carbocycles. The van der Waals surface area contributed by atoms with Crippen LogP contribution < -0.4 is 9.47 Å². The zero-order chi connectivity index (χ0) is 22.1. The van der Waals surface area contributed by atoms with Gasteiger partial charge in [-0.25, -0.2) is 0 Å². The van der Waals surface area contributed by atoms with Crippen molar-refractivity contribution in [3.63, 3.8) is 0 Å². The number of hydrogen-bond donors (Lipinski definition) is 1. The number of aliphatic hydroxyl groups excluding tert-OH is 1. The minimum atomic E-state index is 0.0413. The Hall–Kier alpha value is -1.69. The molecule has 1 heterocycles. The number of aliphatic hydroxyl groups is 1. The van der Waals surface area contributed by atoms with Crippen molar-refractivity contribution in [2.75, 3.05) is 39.8 Å². The van der Waals surface area contributed by atoms with Gasteiger partial charge in [-0.05, 0) is 73.4 Å². The quantitative estimate of drug-likeness (QED) is 0.419. The molecule has 31 heavy (non-hydrogen) atoms. The van der Waals surface area contributed by atoms with Crippen LogP contribution in [0.4, 0.5) is 0 Å². The maximum Gasteiger partial charge on any atom is 0.119 e. The SMILES string of the molecule is COc1ccc([C@@]2(C)CSc3cc(OC)ccc3[C@H]2CCCOCCCCCO)cc1. The molecule has 0 bridgehead atoms. The largest absolute Gasteiger partial charge is 0.497 e. The normalized spacial score (nSPS) is 20.3. The summed E-state index contributed by atoms with van der Waals surface area (Å²) in [7, 11) is 3.44. The number of hydrogen-bond acceptors (Lipinski definition) is 5. The van der Waals surface area contributed by atoms with Crippen molar-refractivity contribution < 1.29 is 19.3 Å². The van der Waals surface area contributed by atoms with Crippen LogP contribution in [0.5, 0.6) is 11.5 Å². The Morgan fingerprint density at radius 3 is 2.35 bits per heavy atom. The van der Waals surface area contributed by atoms with Gasteiger partial charge in [-0.1, -0.05) is 25.1 Å². The van der Waals surface area contributed by atoms with Crippen LogP contribution in [-0.4, -0.2) is 44.9 Å². The zero-order valence-electron chi connectivity index (χ0n) is 19.1. The Bertz CT molecular complexity index is 808. The van der Waals surface area contributed by atoms with Gasteiger partial charge in [0, 0.05) is 35.9 Å². The maximum absolute atomic E-state index is 8.88. The Kier molecular flexibility index (Phi) is 9.12. The number of unbranched alkanes of at least 4 members (excludes halogenated alkanes) is 2. The lowest BCUT2D eigenvalue weighted by atomic mass is 9.68. The number of fused-ring (bicyclic) bond motifs is 1. The van der Waals surface area contributed by atoms with Crippen molar-refractivity contribution in [2.24, 2.45) is 0 Å². The molecule has 0 amide bonds. The highest BCUT2D eigenvalue weighted by molar-refractivity contribution is 7.99. The molecule has 0 aromatic heterocycles. The van der Waals surface area contributed by atoms with E-state index < -0.39 is 0 Å². The summed E-state index contributed by atoms with van der Waals surface area (Å²) in [5, 5.41) is 8.88. The Balaban J connectivity index is 1.74. The van der Waals surface area contributed by atoms with Crippen molar-refractivity contribution in [3.05, 3.63) is 53.6 Å². The van der Waals surface area contributed by atoms with Crippen LogP contribution in [-0.2, 0) is 10.2 Å². The van der Waals surface area contributed by atoms with Gasteiger partial charge in [-0.2, -0.15) is 0 Å². The molecular weight excluding hydrogens is 408 g/mol. The zero-order valence-corrected chi connectivity index (χ0v) is 19.9. The molecule has 5 heteroatoms. The Morgan fingerprint density at radius 2 is 1.65 bits per heavy atom. The summed E-state index contributed by atoms with van der Waals surface area (Å²) in [5.74, 6) is 3.27. The predicted octanol–water partition coefficient (Wildman–Crippen LogP) is 5.81. The second-order valence-electron chi connectivity index (χ2n) is 8.43. The van der Waals surface area contributed by atoms with Gasteiger partial charge in [0.05, 0.1) is 14.2 Å². The Morgan fingerprint density at radius 1 is 0.935 bits per heavy atom. The third-order valence-corrected chi connectivity index (χ3v) is 7.78. The first-order valence-electron chi connectivity index (χ1n) is 11.3. The fourth-order valence-corrected chi connectivity index (χ4v) is 5.84. The highest BCUT2D eigenvalue weighted by Crippen LogP contribution is 2.52. The van der Waals surface area contributed by atoms with Gasteiger partial charge in [0.15, 0.2) is 0 Å². The summed E-state index contributed by atoms with van der Waals surface area (Å²) in [6, 6.07) is 15.1. The van der Waals surface area contributed by atoms with Crippen molar-refractivity contribution >= 4 is 11.8 Å². The monoisotopic (exact) mass is 444 g/mol. The fraction of sp³-hybridized carbons (Fsp3) is 0.538. The molecule has 0 radical (unpaired) electrons.